The molecule has 0 aliphatic heterocycles. The second kappa shape index (κ2) is 7.02. The Morgan fingerprint density at radius 2 is 1.57 bits per heavy atom. The highest BCUT2D eigenvalue weighted by atomic mass is 16.6. The molecule has 0 unspecified atom stereocenters. The van der Waals surface area contributed by atoms with E-state index in [2.05, 4.69) is 0 Å². The summed E-state index contributed by atoms with van der Waals surface area (Å²) in [4.78, 5) is 26.1. The molecule has 1 aromatic carbocycles. The summed E-state index contributed by atoms with van der Waals surface area (Å²) in [6.45, 7) is 9.17. The summed E-state index contributed by atoms with van der Waals surface area (Å²) >= 11 is 0. The van der Waals surface area contributed by atoms with Gasteiger partial charge >= 0.3 is 12.1 Å². The van der Waals surface area contributed by atoms with Gasteiger partial charge in [-0.05, 0) is 26.3 Å². The molecule has 1 amide bonds. The van der Waals surface area contributed by atoms with Crippen LogP contribution < -0.4 is 0 Å². The molecular weight excluding hydrogens is 294 g/mol. The molecule has 5 nitrogen and oxygen atoms in total. The predicted molar refractivity (Wildman–Crippen MR) is 89.3 cm³/mol. The molecule has 0 N–H and O–H groups in total. The number of carbonyl (C=O) groups is 2. The van der Waals surface area contributed by atoms with Crippen LogP contribution in [0.15, 0.2) is 30.3 Å². The standard InChI is InChI=1S/C18H27NO4/c1-17(2,3)23-16(21)19(6)14(15(20)22-7)18(4,5)13-11-9-8-10-12-13/h8-12,14H,1-7H3/t14-/m1/s1. The van der Waals surface area contributed by atoms with E-state index >= 15 is 0 Å². The fourth-order valence-corrected chi connectivity index (χ4v) is 2.51. The summed E-state index contributed by atoms with van der Waals surface area (Å²) in [7, 11) is 2.87. The van der Waals surface area contributed by atoms with Crippen LogP contribution in [-0.2, 0) is 19.7 Å². The summed E-state index contributed by atoms with van der Waals surface area (Å²) in [5.41, 5.74) is -0.339. The van der Waals surface area contributed by atoms with Gasteiger partial charge in [0.2, 0.25) is 0 Å². The van der Waals surface area contributed by atoms with Crippen LogP contribution in [0.25, 0.3) is 0 Å². The second-order valence-corrected chi connectivity index (χ2v) is 7.10. The summed E-state index contributed by atoms with van der Waals surface area (Å²) < 4.78 is 10.3. The van der Waals surface area contributed by atoms with Crippen molar-refractivity contribution < 1.29 is 19.1 Å². The van der Waals surface area contributed by atoms with Gasteiger partial charge in [0.15, 0.2) is 0 Å². The minimum atomic E-state index is -0.801. The van der Waals surface area contributed by atoms with E-state index in [1.807, 2.05) is 44.2 Å². The molecule has 5 heteroatoms. The van der Waals surface area contributed by atoms with Crippen molar-refractivity contribution in [3.63, 3.8) is 0 Å². The van der Waals surface area contributed by atoms with Gasteiger partial charge in [-0.25, -0.2) is 9.59 Å². The third kappa shape index (κ3) is 4.71. The minimum absolute atomic E-state index is 0.479. The van der Waals surface area contributed by atoms with Gasteiger partial charge in [-0.2, -0.15) is 0 Å². The van der Waals surface area contributed by atoms with Crippen molar-refractivity contribution in [1.29, 1.82) is 0 Å². The number of ether oxygens (including phenoxy) is 2. The van der Waals surface area contributed by atoms with Crippen LogP contribution >= 0.6 is 0 Å². The van der Waals surface area contributed by atoms with Gasteiger partial charge in [-0.15, -0.1) is 0 Å². The smallest absolute Gasteiger partial charge is 0.410 e. The van der Waals surface area contributed by atoms with Crippen LogP contribution in [0.4, 0.5) is 4.79 Å². The molecule has 0 aliphatic carbocycles. The highest BCUT2D eigenvalue weighted by Gasteiger charge is 2.43. The van der Waals surface area contributed by atoms with Gasteiger partial charge in [0.25, 0.3) is 0 Å². The molecule has 0 aromatic heterocycles. The maximum absolute atomic E-state index is 12.4. The van der Waals surface area contributed by atoms with Crippen molar-refractivity contribution in [2.45, 2.75) is 51.7 Å². The average molecular weight is 321 g/mol. The molecule has 0 bridgehead atoms. The van der Waals surface area contributed by atoms with Crippen molar-refractivity contribution in [2.75, 3.05) is 14.2 Å². The van der Waals surface area contributed by atoms with Gasteiger partial charge in [0, 0.05) is 12.5 Å². The summed E-state index contributed by atoms with van der Waals surface area (Å²) in [5.74, 6) is -0.479. The second-order valence-electron chi connectivity index (χ2n) is 7.10. The minimum Gasteiger partial charge on any atom is -0.467 e. The van der Waals surface area contributed by atoms with E-state index in [0.717, 1.165) is 5.56 Å². The zero-order valence-electron chi connectivity index (χ0n) is 15.0. The molecule has 0 saturated carbocycles. The SMILES string of the molecule is COC(=O)[C@@H](N(C)C(=O)OC(C)(C)C)C(C)(C)c1ccccc1. The van der Waals surface area contributed by atoms with E-state index in [4.69, 9.17) is 9.47 Å². The molecule has 23 heavy (non-hydrogen) atoms. The molecule has 1 rings (SSSR count). The molecule has 0 radical (unpaired) electrons. The van der Waals surface area contributed by atoms with Gasteiger partial charge in [-0.1, -0.05) is 44.2 Å². The van der Waals surface area contributed by atoms with Crippen molar-refractivity contribution in [3.05, 3.63) is 35.9 Å². The van der Waals surface area contributed by atoms with Crippen LogP contribution in [0.5, 0.6) is 0 Å². The van der Waals surface area contributed by atoms with Crippen molar-refractivity contribution in [2.24, 2.45) is 0 Å². The molecule has 0 heterocycles. The highest BCUT2D eigenvalue weighted by molar-refractivity contribution is 5.83. The zero-order chi connectivity index (χ0) is 17.8. The maximum Gasteiger partial charge on any atom is 0.410 e. The quantitative estimate of drug-likeness (QED) is 0.798. The number of nitrogens with zero attached hydrogens (tertiary/aromatic N) is 1. The Kier molecular flexibility index (Phi) is 5.81. The number of esters is 1. The van der Waals surface area contributed by atoms with Crippen LogP contribution in [-0.4, -0.2) is 42.8 Å². The summed E-state index contributed by atoms with van der Waals surface area (Å²) in [6, 6.07) is 8.77. The normalized spacial score (nSPS) is 13.2. The van der Waals surface area contributed by atoms with Crippen LogP contribution in [0.3, 0.4) is 0 Å². The first-order valence-corrected chi connectivity index (χ1v) is 7.60. The number of methoxy groups -OCH3 is 1. The number of amides is 1. The Labute approximate surface area is 138 Å². The molecular formula is C18H27NO4. The van der Waals surface area contributed by atoms with Gasteiger partial charge in [0.05, 0.1) is 7.11 Å². The lowest BCUT2D eigenvalue weighted by molar-refractivity contribution is -0.148. The van der Waals surface area contributed by atoms with Gasteiger partial charge in [0.1, 0.15) is 11.6 Å². The number of hydrogen-bond acceptors (Lipinski definition) is 4. The zero-order valence-corrected chi connectivity index (χ0v) is 15.0. The fourth-order valence-electron chi connectivity index (χ4n) is 2.51. The molecule has 1 atom stereocenters. The van der Waals surface area contributed by atoms with Crippen LogP contribution in [0.1, 0.15) is 40.2 Å². The monoisotopic (exact) mass is 321 g/mol. The average Bonchev–Trinajstić information content (AvgIpc) is 2.46. The van der Waals surface area contributed by atoms with E-state index in [0.29, 0.717) is 0 Å². The van der Waals surface area contributed by atoms with E-state index in [1.165, 1.54) is 12.0 Å². The van der Waals surface area contributed by atoms with E-state index < -0.39 is 29.1 Å². The lowest BCUT2D eigenvalue weighted by Gasteiger charge is -2.39. The Hall–Kier alpha value is -2.04. The van der Waals surface area contributed by atoms with Gasteiger partial charge in [-0.3, -0.25) is 4.90 Å². The van der Waals surface area contributed by atoms with Crippen molar-refractivity contribution in [3.8, 4) is 0 Å². The molecule has 0 saturated heterocycles. The van der Waals surface area contributed by atoms with E-state index in [-0.39, 0.29) is 0 Å². The fraction of sp³-hybridized carbons (Fsp3) is 0.556. The number of benzene rings is 1. The van der Waals surface area contributed by atoms with E-state index in [9.17, 15) is 9.59 Å². The lowest BCUT2D eigenvalue weighted by atomic mass is 9.77. The third-order valence-corrected chi connectivity index (χ3v) is 3.69. The summed E-state index contributed by atoms with van der Waals surface area (Å²) in [5, 5.41) is 0. The lowest BCUT2D eigenvalue weighted by Crippen LogP contribution is -2.54. The first kappa shape index (κ1) is 19.0. The Bertz CT molecular complexity index is 546. The van der Waals surface area contributed by atoms with Gasteiger partial charge < -0.3 is 9.47 Å². The van der Waals surface area contributed by atoms with Crippen LogP contribution in [0.2, 0.25) is 0 Å². The predicted octanol–water partition coefficient (Wildman–Crippen LogP) is 3.37. The van der Waals surface area contributed by atoms with Crippen molar-refractivity contribution in [1.82, 2.24) is 4.90 Å². The first-order valence-electron chi connectivity index (χ1n) is 7.60. The van der Waals surface area contributed by atoms with E-state index in [1.54, 1.807) is 27.8 Å². The Morgan fingerprint density at radius 3 is 2.00 bits per heavy atom. The largest absolute Gasteiger partial charge is 0.467 e. The molecule has 0 aliphatic rings. The first-order chi connectivity index (χ1) is 10.5. The number of likely N-dealkylation sites (N-methyl/N-ethyl adjacent to an activating group) is 1. The molecule has 0 fully saturated rings. The molecule has 1 aromatic rings. The number of rotatable bonds is 4. The Balaban J connectivity index is 3.19. The number of hydrogen-bond donors (Lipinski definition) is 0. The number of carbonyl (C=O) groups excluding carboxylic acids is 2. The van der Waals surface area contributed by atoms with Crippen molar-refractivity contribution >= 4 is 12.1 Å². The molecule has 0 spiro atoms. The maximum atomic E-state index is 12.4. The highest BCUT2D eigenvalue weighted by Crippen LogP contribution is 2.31. The summed E-state index contributed by atoms with van der Waals surface area (Å²) in [6.07, 6.45) is -0.558. The Morgan fingerprint density at radius 1 is 1.04 bits per heavy atom. The molecule has 128 valence electrons. The van der Waals surface area contributed by atoms with Crippen LogP contribution in [0, 0.1) is 0 Å². The topological polar surface area (TPSA) is 55.8 Å². The third-order valence-electron chi connectivity index (χ3n) is 3.69.